The van der Waals surface area contributed by atoms with Gasteiger partial charge in [-0.05, 0) is 45.9 Å². The molecule has 2 aromatic heterocycles. The van der Waals surface area contributed by atoms with Crippen molar-refractivity contribution in [3.63, 3.8) is 0 Å². The molecule has 0 atom stereocenters. The molecule has 4 rings (SSSR count). The molecule has 0 N–H and O–H groups in total. The number of hydrogen-bond acceptors (Lipinski definition) is 9. The quantitative estimate of drug-likeness (QED) is 0.236. The molecule has 0 amide bonds. The Labute approximate surface area is 207 Å². The van der Waals surface area contributed by atoms with Crippen molar-refractivity contribution < 1.29 is 42.2 Å². The molecule has 0 saturated carbocycles. The minimum Gasteiger partial charge on any atom is -0.493 e. The summed E-state index contributed by atoms with van der Waals surface area (Å²) in [6.07, 6.45) is 0.721. The molecular formula is C27H28O9. The second kappa shape index (κ2) is 11.4. The van der Waals surface area contributed by atoms with Gasteiger partial charge in [0.05, 0.1) is 27.4 Å². The molecule has 2 aromatic carbocycles. The summed E-state index contributed by atoms with van der Waals surface area (Å²) >= 11 is 0. The maximum absolute atomic E-state index is 11.8. The van der Waals surface area contributed by atoms with Crippen LogP contribution in [-0.2, 0) is 9.47 Å². The van der Waals surface area contributed by atoms with Crippen LogP contribution in [0.5, 0.6) is 11.5 Å². The monoisotopic (exact) mass is 496 g/mol. The van der Waals surface area contributed by atoms with Crippen LogP contribution in [0.4, 0.5) is 0 Å². The molecule has 190 valence electrons. The van der Waals surface area contributed by atoms with E-state index in [1.807, 2.05) is 19.1 Å². The van der Waals surface area contributed by atoms with Crippen LogP contribution in [-0.4, -0.2) is 45.7 Å². The maximum Gasteiger partial charge on any atom is 0.374 e. The molecule has 36 heavy (non-hydrogen) atoms. The number of ether oxygens (including phenoxy) is 4. The second-order valence-electron chi connectivity index (χ2n) is 7.57. The Bertz CT molecular complexity index is 1410. The van der Waals surface area contributed by atoms with Gasteiger partial charge in [0.15, 0.2) is 29.0 Å². The lowest BCUT2D eigenvalue weighted by molar-refractivity contribution is 0.0482. The van der Waals surface area contributed by atoms with Crippen LogP contribution >= 0.6 is 0 Å². The first-order valence-corrected chi connectivity index (χ1v) is 11.3. The van der Waals surface area contributed by atoms with Gasteiger partial charge in [0.25, 0.3) is 0 Å². The van der Waals surface area contributed by atoms with Crippen molar-refractivity contribution in [3.8, 4) is 11.5 Å². The molecule has 4 aromatic rings. The van der Waals surface area contributed by atoms with Crippen molar-refractivity contribution in [2.24, 2.45) is 0 Å². The van der Waals surface area contributed by atoms with E-state index in [4.69, 9.17) is 27.8 Å². The molecule has 2 heterocycles. The summed E-state index contributed by atoms with van der Waals surface area (Å²) in [6, 6.07) is 8.80. The van der Waals surface area contributed by atoms with Crippen molar-refractivity contribution in [1.82, 2.24) is 0 Å². The summed E-state index contributed by atoms with van der Waals surface area (Å²) in [5.41, 5.74) is 2.77. The topological polar surface area (TPSA) is 114 Å². The van der Waals surface area contributed by atoms with E-state index in [9.17, 15) is 14.4 Å². The molecule has 0 aliphatic carbocycles. The molecule has 0 radical (unpaired) electrons. The zero-order valence-electron chi connectivity index (χ0n) is 21.1. The standard InChI is InChI=1S/C14H14O5.C13H14O4/c1-4-18-14(16)12-8(2)11-9(7-15)5-6-10(17-3)13(11)19-12;1-4-16-13(14)11-8(2)9-6-5-7-10(15-3)12(9)17-11/h5-7H,4H2,1-3H3;5-7H,4H2,1-3H3. The average Bonchev–Trinajstić information content (AvgIpc) is 3.42. The third-order valence-electron chi connectivity index (χ3n) is 5.49. The molecule has 0 aliphatic rings. The van der Waals surface area contributed by atoms with Crippen molar-refractivity contribution >= 4 is 40.2 Å². The van der Waals surface area contributed by atoms with Gasteiger partial charge in [-0.1, -0.05) is 12.1 Å². The second-order valence-corrected chi connectivity index (χ2v) is 7.57. The van der Waals surface area contributed by atoms with Gasteiger partial charge in [0.1, 0.15) is 0 Å². The molecule has 0 fully saturated rings. The van der Waals surface area contributed by atoms with Crippen LogP contribution < -0.4 is 9.47 Å². The van der Waals surface area contributed by atoms with Crippen molar-refractivity contribution in [1.29, 1.82) is 0 Å². The highest BCUT2D eigenvalue weighted by atomic mass is 16.6. The van der Waals surface area contributed by atoms with E-state index in [0.29, 0.717) is 45.8 Å². The van der Waals surface area contributed by atoms with E-state index in [2.05, 4.69) is 0 Å². The van der Waals surface area contributed by atoms with Crippen molar-refractivity contribution in [2.45, 2.75) is 27.7 Å². The Balaban J connectivity index is 0.000000202. The Morgan fingerprint density at radius 2 is 1.36 bits per heavy atom. The van der Waals surface area contributed by atoms with Crippen LogP contribution in [0.2, 0.25) is 0 Å². The SMILES string of the molecule is CCOC(=O)c1oc2c(OC)ccc(C=O)c2c1C.CCOC(=O)c1oc2c(OC)cccc2c1C. The summed E-state index contributed by atoms with van der Waals surface area (Å²) < 4.78 is 31.3. The van der Waals surface area contributed by atoms with Gasteiger partial charge in [0, 0.05) is 27.5 Å². The summed E-state index contributed by atoms with van der Waals surface area (Å²) in [5, 5.41) is 1.45. The number of furan rings is 2. The van der Waals surface area contributed by atoms with E-state index in [1.165, 1.54) is 7.11 Å². The average molecular weight is 497 g/mol. The fourth-order valence-corrected chi connectivity index (χ4v) is 3.78. The van der Waals surface area contributed by atoms with Crippen LogP contribution in [0.25, 0.3) is 21.9 Å². The highest BCUT2D eigenvalue weighted by Crippen LogP contribution is 2.35. The van der Waals surface area contributed by atoms with Crippen molar-refractivity contribution in [3.05, 3.63) is 58.5 Å². The largest absolute Gasteiger partial charge is 0.493 e. The third kappa shape index (κ3) is 4.91. The number of fused-ring (bicyclic) bond motifs is 2. The Morgan fingerprint density at radius 3 is 1.92 bits per heavy atom. The maximum atomic E-state index is 11.8. The van der Waals surface area contributed by atoms with Crippen LogP contribution in [0, 0.1) is 13.8 Å². The van der Waals surface area contributed by atoms with E-state index in [1.54, 1.807) is 46.1 Å². The Morgan fingerprint density at radius 1 is 0.806 bits per heavy atom. The number of hydrogen-bond donors (Lipinski definition) is 0. The van der Waals surface area contributed by atoms with E-state index in [-0.39, 0.29) is 18.1 Å². The summed E-state index contributed by atoms with van der Waals surface area (Å²) in [5.74, 6) is 0.439. The summed E-state index contributed by atoms with van der Waals surface area (Å²) in [6.45, 7) is 7.60. The number of carbonyl (C=O) groups is 3. The molecule has 9 heteroatoms. The van der Waals surface area contributed by atoms with Gasteiger partial charge in [-0.15, -0.1) is 0 Å². The fourth-order valence-electron chi connectivity index (χ4n) is 3.78. The van der Waals surface area contributed by atoms with E-state index >= 15 is 0 Å². The molecule has 9 nitrogen and oxygen atoms in total. The number of aryl methyl sites for hydroxylation is 2. The first-order chi connectivity index (χ1) is 17.3. The van der Waals surface area contributed by atoms with Gasteiger partial charge in [0.2, 0.25) is 11.5 Å². The highest BCUT2D eigenvalue weighted by Gasteiger charge is 2.23. The minimum atomic E-state index is -0.546. The predicted molar refractivity (Wildman–Crippen MR) is 132 cm³/mol. The van der Waals surface area contributed by atoms with Gasteiger partial charge in [-0.25, -0.2) is 9.59 Å². The Kier molecular flexibility index (Phi) is 8.37. The minimum absolute atomic E-state index is 0.101. The molecule has 0 unspecified atom stereocenters. The van der Waals surface area contributed by atoms with Gasteiger partial charge in [-0.2, -0.15) is 0 Å². The first kappa shape index (κ1) is 26.3. The lowest BCUT2D eigenvalue weighted by Gasteiger charge is -2.01. The lowest BCUT2D eigenvalue weighted by Crippen LogP contribution is -2.04. The van der Waals surface area contributed by atoms with E-state index in [0.717, 1.165) is 17.2 Å². The van der Waals surface area contributed by atoms with Gasteiger partial charge >= 0.3 is 11.9 Å². The molecular weight excluding hydrogens is 468 g/mol. The third-order valence-corrected chi connectivity index (χ3v) is 5.49. The number of aldehydes is 1. The number of esters is 2. The Hall–Kier alpha value is -4.27. The molecule has 0 saturated heterocycles. The smallest absolute Gasteiger partial charge is 0.374 e. The van der Waals surface area contributed by atoms with Crippen LogP contribution in [0.3, 0.4) is 0 Å². The van der Waals surface area contributed by atoms with Crippen LogP contribution in [0.1, 0.15) is 56.4 Å². The summed E-state index contributed by atoms with van der Waals surface area (Å²) in [7, 11) is 3.06. The van der Waals surface area contributed by atoms with Gasteiger partial charge < -0.3 is 27.8 Å². The number of methoxy groups -OCH3 is 2. The fraction of sp³-hybridized carbons (Fsp3) is 0.296. The zero-order chi connectivity index (χ0) is 26.4. The number of carbonyl (C=O) groups excluding carboxylic acids is 3. The molecule has 0 aliphatic heterocycles. The lowest BCUT2D eigenvalue weighted by atomic mass is 10.1. The first-order valence-electron chi connectivity index (χ1n) is 11.3. The summed E-state index contributed by atoms with van der Waals surface area (Å²) in [4.78, 5) is 34.5. The normalized spacial score (nSPS) is 10.5. The zero-order valence-corrected chi connectivity index (χ0v) is 21.1. The number of para-hydroxylation sites is 1. The molecule has 0 bridgehead atoms. The van der Waals surface area contributed by atoms with Crippen molar-refractivity contribution in [2.75, 3.05) is 27.4 Å². The predicted octanol–water partition coefficient (Wildman–Crippen LogP) is 5.67. The highest BCUT2D eigenvalue weighted by molar-refractivity contribution is 6.05. The van der Waals surface area contributed by atoms with Gasteiger partial charge in [-0.3, -0.25) is 4.79 Å². The van der Waals surface area contributed by atoms with Crippen LogP contribution in [0.15, 0.2) is 39.2 Å². The molecule has 0 spiro atoms. The number of rotatable bonds is 7. The van der Waals surface area contributed by atoms with E-state index < -0.39 is 11.9 Å². The number of benzene rings is 2.